The second-order valence-corrected chi connectivity index (χ2v) is 6.64. The Morgan fingerprint density at radius 2 is 2.32 bits per heavy atom. The molecule has 4 nitrogen and oxygen atoms in total. The van der Waals surface area contributed by atoms with Crippen LogP contribution in [0, 0.1) is 5.92 Å². The number of thiophene rings is 1. The van der Waals surface area contributed by atoms with Gasteiger partial charge in [-0.1, -0.05) is 13.0 Å². The molecule has 2 N–H and O–H groups in total. The maximum Gasteiger partial charge on any atom is 0.190 e. The fraction of sp³-hybridized carbons (Fsp3) is 0.688. The molecule has 0 saturated carbocycles. The van der Waals surface area contributed by atoms with E-state index < -0.39 is 0 Å². The maximum atomic E-state index is 4.31. The van der Waals surface area contributed by atoms with Crippen LogP contribution in [0.2, 0.25) is 0 Å². The molecule has 6 heteroatoms. The van der Waals surface area contributed by atoms with Crippen molar-refractivity contribution in [3.05, 3.63) is 22.4 Å². The third-order valence-electron chi connectivity index (χ3n) is 4.08. The number of hydrogen-bond acceptors (Lipinski definition) is 3. The van der Waals surface area contributed by atoms with E-state index in [0.29, 0.717) is 0 Å². The number of rotatable bonds is 6. The number of piperidine rings is 1. The maximum absolute atomic E-state index is 4.31. The Kier molecular flexibility index (Phi) is 10.1. The number of nitrogens with one attached hydrogen (secondary N) is 2. The van der Waals surface area contributed by atoms with Crippen LogP contribution in [0.5, 0.6) is 0 Å². The Morgan fingerprint density at radius 1 is 1.45 bits per heavy atom. The molecule has 1 aromatic rings. The van der Waals surface area contributed by atoms with Crippen LogP contribution < -0.4 is 10.6 Å². The van der Waals surface area contributed by atoms with Crippen LogP contribution in [0.15, 0.2) is 22.5 Å². The van der Waals surface area contributed by atoms with Crippen molar-refractivity contribution < 1.29 is 0 Å². The van der Waals surface area contributed by atoms with E-state index >= 15 is 0 Å². The Balaban J connectivity index is 0.00000242. The van der Waals surface area contributed by atoms with Crippen LogP contribution in [-0.2, 0) is 6.42 Å². The van der Waals surface area contributed by atoms with Crippen molar-refractivity contribution in [3.8, 4) is 0 Å². The lowest BCUT2D eigenvalue weighted by molar-refractivity contribution is 0.183. The van der Waals surface area contributed by atoms with Crippen LogP contribution in [0.4, 0.5) is 0 Å². The van der Waals surface area contributed by atoms with Crippen molar-refractivity contribution in [1.82, 2.24) is 15.5 Å². The number of halogens is 1. The van der Waals surface area contributed by atoms with Crippen LogP contribution in [0.25, 0.3) is 0 Å². The molecular formula is C16H29IN4S. The highest BCUT2D eigenvalue weighted by Gasteiger charge is 2.18. The predicted octanol–water partition coefficient (Wildman–Crippen LogP) is 2.81. The van der Waals surface area contributed by atoms with Gasteiger partial charge in [-0.05, 0) is 49.7 Å². The molecule has 1 atom stereocenters. The van der Waals surface area contributed by atoms with Gasteiger partial charge in [0.2, 0.25) is 0 Å². The highest BCUT2D eigenvalue weighted by molar-refractivity contribution is 14.0. The highest BCUT2D eigenvalue weighted by Crippen LogP contribution is 2.15. The van der Waals surface area contributed by atoms with E-state index in [-0.39, 0.29) is 24.0 Å². The van der Waals surface area contributed by atoms with Crippen molar-refractivity contribution in [3.63, 3.8) is 0 Å². The second kappa shape index (κ2) is 11.2. The zero-order valence-electron chi connectivity index (χ0n) is 13.7. The van der Waals surface area contributed by atoms with E-state index in [4.69, 9.17) is 0 Å². The van der Waals surface area contributed by atoms with Gasteiger partial charge < -0.3 is 15.5 Å². The molecule has 1 aliphatic rings. The van der Waals surface area contributed by atoms with Crippen LogP contribution in [0.1, 0.15) is 24.6 Å². The lowest BCUT2D eigenvalue weighted by atomic mass is 9.98. The topological polar surface area (TPSA) is 39.7 Å². The van der Waals surface area contributed by atoms with Crippen molar-refractivity contribution >= 4 is 41.3 Å². The summed E-state index contributed by atoms with van der Waals surface area (Å²) in [6.45, 7) is 7.86. The van der Waals surface area contributed by atoms with Gasteiger partial charge in [-0.2, -0.15) is 0 Å². The molecule has 0 amide bonds. The van der Waals surface area contributed by atoms with E-state index in [0.717, 1.165) is 31.4 Å². The first-order valence-corrected chi connectivity index (χ1v) is 8.89. The Bertz CT molecular complexity index is 422. The molecule has 126 valence electrons. The van der Waals surface area contributed by atoms with E-state index in [9.17, 15) is 0 Å². The van der Waals surface area contributed by atoms with E-state index in [1.54, 1.807) is 0 Å². The summed E-state index contributed by atoms with van der Waals surface area (Å²) in [5.74, 6) is 1.68. The van der Waals surface area contributed by atoms with E-state index in [2.05, 4.69) is 45.0 Å². The van der Waals surface area contributed by atoms with Gasteiger partial charge in [0.1, 0.15) is 0 Å². The monoisotopic (exact) mass is 436 g/mol. The van der Waals surface area contributed by atoms with Gasteiger partial charge in [-0.25, -0.2) is 0 Å². The first-order chi connectivity index (χ1) is 10.3. The summed E-state index contributed by atoms with van der Waals surface area (Å²) in [5, 5.41) is 9.01. The molecule has 22 heavy (non-hydrogen) atoms. The van der Waals surface area contributed by atoms with Gasteiger partial charge in [-0.3, -0.25) is 4.99 Å². The van der Waals surface area contributed by atoms with Gasteiger partial charge in [0, 0.05) is 31.6 Å². The smallest absolute Gasteiger partial charge is 0.190 e. The Labute approximate surface area is 155 Å². The molecular weight excluding hydrogens is 407 g/mol. The summed E-state index contributed by atoms with van der Waals surface area (Å²) in [6, 6.07) is 4.29. The largest absolute Gasteiger partial charge is 0.356 e. The number of nitrogens with zero attached hydrogens (tertiary/aromatic N) is 2. The quantitative estimate of drug-likeness (QED) is 0.409. The summed E-state index contributed by atoms with van der Waals surface area (Å²) < 4.78 is 0. The second-order valence-electron chi connectivity index (χ2n) is 5.61. The number of likely N-dealkylation sites (tertiary alicyclic amines) is 1. The number of guanidine groups is 1. The SMILES string of the molecule is CCN1CCCC(CNC(=NC)NCCc2cccs2)C1.I. The average molecular weight is 436 g/mol. The summed E-state index contributed by atoms with van der Waals surface area (Å²) in [5.41, 5.74) is 0. The predicted molar refractivity (Wildman–Crippen MR) is 108 cm³/mol. The summed E-state index contributed by atoms with van der Waals surface area (Å²) in [6.07, 6.45) is 3.71. The van der Waals surface area contributed by atoms with Crippen molar-refractivity contribution in [1.29, 1.82) is 0 Å². The molecule has 0 bridgehead atoms. The molecule has 0 aliphatic carbocycles. The van der Waals surface area contributed by atoms with Gasteiger partial charge >= 0.3 is 0 Å². The lowest BCUT2D eigenvalue weighted by Gasteiger charge is -2.32. The fourth-order valence-electron chi connectivity index (χ4n) is 2.83. The molecule has 2 heterocycles. The first kappa shape index (κ1) is 19.7. The molecule has 1 fully saturated rings. The Morgan fingerprint density at radius 3 is 3.00 bits per heavy atom. The van der Waals surface area contributed by atoms with Crippen LogP contribution in [0.3, 0.4) is 0 Å². The van der Waals surface area contributed by atoms with Crippen LogP contribution >= 0.6 is 35.3 Å². The standard InChI is InChI=1S/C16H28N4S.HI/c1-3-20-10-4-6-14(13-20)12-19-16(17-2)18-9-8-15-7-5-11-21-15;/h5,7,11,14H,3-4,6,8-10,12-13H2,1-2H3,(H2,17,18,19);1H. The molecule has 2 rings (SSSR count). The molecule has 0 spiro atoms. The molecule has 1 unspecified atom stereocenters. The Hall–Kier alpha value is -0.340. The fourth-order valence-corrected chi connectivity index (χ4v) is 3.53. The molecule has 0 radical (unpaired) electrons. The summed E-state index contributed by atoms with van der Waals surface area (Å²) >= 11 is 1.82. The highest BCUT2D eigenvalue weighted by atomic mass is 127. The summed E-state index contributed by atoms with van der Waals surface area (Å²) in [7, 11) is 1.85. The first-order valence-electron chi connectivity index (χ1n) is 8.01. The van der Waals surface area contributed by atoms with Gasteiger partial charge in [0.05, 0.1) is 0 Å². The number of aliphatic imine (C=N–C) groups is 1. The van der Waals surface area contributed by atoms with Crippen molar-refractivity contribution in [2.45, 2.75) is 26.2 Å². The molecule has 0 aromatic carbocycles. The lowest BCUT2D eigenvalue weighted by Crippen LogP contribution is -2.44. The van der Waals surface area contributed by atoms with Gasteiger partial charge in [0.25, 0.3) is 0 Å². The number of hydrogen-bond donors (Lipinski definition) is 2. The summed E-state index contributed by atoms with van der Waals surface area (Å²) in [4.78, 5) is 8.28. The molecule has 1 aromatic heterocycles. The third kappa shape index (κ3) is 6.83. The van der Waals surface area contributed by atoms with E-state index in [1.165, 1.54) is 37.4 Å². The zero-order valence-corrected chi connectivity index (χ0v) is 16.8. The molecule has 1 saturated heterocycles. The average Bonchev–Trinajstić information content (AvgIpc) is 3.04. The van der Waals surface area contributed by atoms with Gasteiger partial charge in [-0.15, -0.1) is 35.3 Å². The van der Waals surface area contributed by atoms with Crippen LogP contribution in [-0.4, -0.2) is 50.6 Å². The normalized spacial score (nSPS) is 19.5. The third-order valence-corrected chi connectivity index (χ3v) is 5.01. The zero-order chi connectivity index (χ0) is 14.9. The van der Waals surface area contributed by atoms with Gasteiger partial charge in [0.15, 0.2) is 5.96 Å². The minimum absolute atomic E-state index is 0. The minimum Gasteiger partial charge on any atom is -0.356 e. The molecule has 1 aliphatic heterocycles. The van der Waals surface area contributed by atoms with Crippen molar-refractivity contribution in [2.24, 2.45) is 10.9 Å². The van der Waals surface area contributed by atoms with E-state index in [1.807, 2.05) is 18.4 Å². The minimum atomic E-state index is 0. The van der Waals surface area contributed by atoms with Crippen molar-refractivity contribution in [2.75, 3.05) is 39.8 Å².